The largest absolute Gasteiger partial charge is 0.593 e. The first-order valence-corrected chi connectivity index (χ1v) is 9.04. The molecule has 3 aromatic rings. The van der Waals surface area contributed by atoms with Crippen molar-refractivity contribution in [3.8, 4) is 22.3 Å². The molecular weight excluding hydrogens is 396 g/mol. The average Bonchev–Trinajstić information content (AvgIpc) is 2.67. The normalized spacial score (nSPS) is 12.8. The predicted octanol–water partition coefficient (Wildman–Crippen LogP) is 3.79. The minimum Gasteiger partial charge on any atom is -0.593 e. The van der Waals surface area contributed by atoms with E-state index in [1.54, 1.807) is 0 Å². The summed E-state index contributed by atoms with van der Waals surface area (Å²) in [5.41, 5.74) is 5.57. The van der Waals surface area contributed by atoms with Crippen LogP contribution in [0.4, 0.5) is 23.5 Å². The summed E-state index contributed by atoms with van der Waals surface area (Å²) in [6, 6.07) is 6.96. The van der Waals surface area contributed by atoms with Gasteiger partial charge in [-0.15, -0.1) is 4.72 Å². The smallest absolute Gasteiger partial charge is 0.416 e. The Balaban J connectivity index is 2.08. The molecule has 0 bridgehead atoms. The van der Waals surface area contributed by atoms with E-state index in [4.69, 9.17) is 5.73 Å². The number of alkyl halides is 3. The van der Waals surface area contributed by atoms with Crippen LogP contribution >= 0.6 is 0 Å². The number of benzene rings is 2. The van der Waals surface area contributed by atoms with Gasteiger partial charge in [-0.25, -0.2) is 14.4 Å². The van der Waals surface area contributed by atoms with Crippen molar-refractivity contribution in [2.45, 2.75) is 11.1 Å². The van der Waals surface area contributed by atoms with Crippen LogP contribution in [-0.2, 0) is 17.5 Å². The Morgan fingerprint density at radius 3 is 2.21 bits per heavy atom. The van der Waals surface area contributed by atoms with Gasteiger partial charge in [0, 0.05) is 42.2 Å². The number of nitrogens with one attached hydrogen (secondary N) is 1. The Labute approximate surface area is 160 Å². The van der Waals surface area contributed by atoms with E-state index in [1.165, 1.54) is 37.6 Å². The summed E-state index contributed by atoms with van der Waals surface area (Å²) in [7, 11) is 1.35. The molecule has 1 atom stereocenters. The van der Waals surface area contributed by atoms with E-state index in [-0.39, 0.29) is 27.5 Å². The molecule has 3 rings (SSSR count). The fraction of sp³-hybridized carbons (Fsp3) is 0.111. The molecule has 1 heterocycles. The fourth-order valence-corrected chi connectivity index (χ4v) is 3.43. The number of anilines is 1. The van der Waals surface area contributed by atoms with Gasteiger partial charge in [-0.2, -0.15) is 13.2 Å². The second kappa shape index (κ2) is 7.74. The Bertz CT molecular complexity index is 996. The Morgan fingerprint density at radius 2 is 1.64 bits per heavy atom. The van der Waals surface area contributed by atoms with E-state index in [9.17, 15) is 22.1 Å². The van der Waals surface area contributed by atoms with Crippen molar-refractivity contribution in [2.75, 3.05) is 12.8 Å². The second-order valence-electron chi connectivity index (χ2n) is 5.71. The molecule has 0 spiro atoms. The Kier molecular flexibility index (Phi) is 5.54. The van der Waals surface area contributed by atoms with Crippen LogP contribution in [0.5, 0.6) is 0 Å². The lowest BCUT2D eigenvalue weighted by Gasteiger charge is -2.15. The molecule has 10 heteroatoms. The maximum absolute atomic E-state index is 14.6. The van der Waals surface area contributed by atoms with Crippen molar-refractivity contribution >= 4 is 17.3 Å². The molecule has 0 saturated heterocycles. The third kappa shape index (κ3) is 4.08. The summed E-state index contributed by atoms with van der Waals surface area (Å²) in [6.07, 6.45) is -1.87. The third-order valence-corrected chi connectivity index (χ3v) is 5.07. The van der Waals surface area contributed by atoms with Crippen LogP contribution in [0.15, 0.2) is 53.7 Å². The summed E-state index contributed by atoms with van der Waals surface area (Å²) in [6.45, 7) is 0. The van der Waals surface area contributed by atoms with Crippen molar-refractivity contribution in [3.05, 3.63) is 60.2 Å². The van der Waals surface area contributed by atoms with Crippen molar-refractivity contribution in [1.29, 1.82) is 0 Å². The highest BCUT2D eigenvalue weighted by molar-refractivity contribution is 7.89. The number of hydrogen-bond donors (Lipinski definition) is 2. The van der Waals surface area contributed by atoms with Crippen LogP contribution in [0.25, 0.3) is 22.3 Å². The van der Waals surface area contributed by atoms with Crippen LogP contribution in [-0.4, -0.2) is 21.6 Å². The lowest BCUT2D eigenvalue weighted by Crippen LogP contribution is -2.20. The lowest BCUT2D eigenvalue weighted by molar-refractivity contribution is -0.137. The number of aromatic nitrogens is 2. The third-order valence-electron chi connectivity index (χ3n) is 3.96. The molecule has 3 N–H and O–H groups in total. The van der Waals surface area contributed by atoms with E-state index in [1.807, 2.05) is 0 Å². The summed E-state index contributed by atoms with van der Waals surface area (Å²) >= 11 is -1.90. The van der Waals surface area contributed by atoms with Gasteiger partial charge in [0.2, 0.25) is 5.95 Å². The van der Waals surface area contributed by atoms with E-state index in [2.05, 4.69) is 14.7 Å². The quantitative estimate of drug-likeness (QED) is 0.505. The SMILES string of the molecule is CN[S+]([O-])c1cc(C(F)(F)F)ccc1-c1ccc(-c2cnc(N)nc2)c(F)c1. The topological polar surface area (TPSA) is 86.9 Å². The summed E-state index contributed by atoms with van der Waals surface area (Å²) in [5.74, 6) is -0.586. The summed E-state index contributed by atoms with van der Waals surface area (Å²) < 4.78 is 68.3. The number of rotatable bonds is 4. The highest BCUT2D eigenvalue weighted by Crippen LogP contribution is 2.36. The first-order chi connectivity index (χ1) is 13.2. The first kappa shape index (κ1) is 20.1. The Hall–Kier alpha value is -2.69. The highest BCUT2D eigenvalue weighted by atomic mass is 32.2. The average molecular weight is 410 g/mol. The fourth-order valence-electron chi connectivity index (χ4n) is 2.59. The van der Waals surface area contributed by atoms with E-state index >= 15 is 0 Å². The van der Waals surface area contributed by atoms with Gasteiger partial charge in [0.15, 0.2) is 4.90 Å². The number of hydrogen-bond acceptors (Lipinski definition) is 5. The van der Waals surface area contributed by atoms with Gasteiger partial charge >= 0.3 is 6.18 Å². The molecule has 0 aliphatic heterocycles. The van der Waals surface area contributed by atoms with Gasteiger partial charge in [-0.05, 0) is 23.8 Å². The van der Waals surface area contributed by atoms with Crippen molar-refractivity contribution < 1.29 is 22.1 Å². The second-order valence-corrected chi connectivity index (χ2v) is 7.09. The molecule has 146 valence electrons. The monoisotopic (exact) mass is 410 g/mol. The number of nitrogens with zero attached hydrogens (tertiary/aromatic N) is 2. The molecule has 0 fully saturated rings. The van der Waals surface area contributed by atoms with Crippen LogP contribution in [0.2, 0.25) is 0 Å². The van der Waals surface area contributed by atoms with Crippen molar-refractivity contribution in [3.63, 3.8) is 0 Å². The van der Waals surface area contributed by atoms with Crippen molar-refractivity contribution in [2.24, 2.45) is 0 Å². The van der Waals surface area contributed by atoms with Gasteiger partial charge in [-0.1, -0.05) is 12.1 Å². The van der Waals surface area contributed by atoms with Crippen LogP contribution in [0.1, 0.15) is 5.56 Å². The summed E-state index contributed by atoms with van der Waals surface area (Å²) in [5, 5.41) is 0. The van der Waals surface area contributed by atoms with Gasteiger partial charge in [0.05, 0.1) is 16.9 Å². The number of nitrogen functional groups attached to an aromatic ring is 1. The van der Waals surface area contributed by atoms with Crippen LogP contribution < -0.4 is 10.5 Å². The Morgan fingerprint density at radius 1 is 1.00 bits per heavy atom. The highest BCUT2D eigenvalue weighted by Gasteiger charge is 2.33. The molecule has 0 aliphatic carbocycles. The zero-order valence-corrected chi connectivity index (χ0v) is 15.2. The van der Waals surface area contributed by atoms with Gasteiger partial charge < -0.3 is 10.3 Å². The van der Waals surface area contributed by atoms with E-state index in [0.717, 1.165) is 18.2 Å². The number of nitrogens with two attached hydrogens (primary N) is 1. The standard InChI is InChI=1S/C18H14F4N4OS/c1-24-28(27)16-7-12(18(20,21)22)3-5-14(16)10-2-4-13(15(19)6-10)11-8-25-17(23)26-9-11/h2-9,24H,1H3,(H2,23,25,26). The molecule has 0 amide bonds. The molecule has 1 aromatic heterocycles. The molecule has 2 aromatic carbocycles. The number of halogens is 4. The minimum absolute atomic E-state index is 0.0460. The first-order valence-electron chi connectivity index (χ1n) is 7.89. The van der Waals surface area contributed by atoms with E-state index in [0.29, 0.717) is 5.56 Å². The zero-order valence-electron chi connectivity index (χ0n) is 14.4. The molecule has 0 saturated carbocycles. The minimum atomic E-state index is -4.59. The predicted molar refractivity (Wildman–Crippen MR) is 97.7 cm³/mol. The lowest BCUT2D eigenvalue weighted by atomic mass is 10.00. The van der Waals surface area contributed by atoms with Crippen LogP contribution in [0.3, 0.4) is 0 Å². The molecule has 0 aliphatic rings. The molecule has 28 heavy (non-hydrogen) atoms. The van der Waals surface area contributed by atoms with Gasteiger partial charge in [0.25, 0.3) is 0 Å². The van der Waals surface area contributed by atoms with Crippen molar-refractivity contribution in [1.82, 2.24) is 14.7 Å². The molecule has 0 radical (unpaired) electrons. The maximum atomic E-state index is 14.6. The maximum Gasteiger partial charge on any atom is 0.416 e. The van der Waals surface area contributed by atoms with Gasteiger partial charge in [0.1, 0.15) is 5.82 Å². The molecule has 1 unspecified atom stereocenters. The van der Waals surface area contributed by atoms with Crippen LogP contribution in [0, 0.1) is 5.82 Å². The zero-order chi connectivity index (χ0) is 20.5. The summed E-state index contributed by atoms with van der Waals surface area (Å²) in [4.78, 5) is 7.51. The van der Waals surface area contributed by atoms with E-state index < -0.39 is 28.9 Å². The molecule has 5 nitrogen and oxygen atoms in total. The van der Waals surface area contributed by atoms with Gasteiger partial charge in [-0.3, -0.25) is 0 Å². The molecular formula is C18H14F4N4OS.